The first-order chi connectivity index (χ1) is 22.4. The molecule has 1 aliphatic heterocycles. The number of aliphatic hydroxyl groups is 1. The average molecular weight is 632 g/mol. The number of aromatic nitrogens is 2. The van der Waals surface area contributed by atoms with E-state index in [1.54, 1.807) is 19.1 Å². The second-order valence-electron chi connectivity index (χ2n) is 9.85. The molecular weight excluding hydrogens is 604 g/mol. The monoisotopic (exact) mass is 631 g/mol. The summed E-state index contributed by atoms with van der Waals surface area (Å²) in [6, 6.07) is 13.6. The van der Waals surface area contributed by atoms with Crippen molar-refractivity contribution in [1.82, 2.24) is 9.55 Å². The number of pyridine rings is 2. The van der Waals surface area contributed by atoms with Crippen LogP contribution in [-0.2, 0) is 0 Å². The van der Waals surface area contributed by atoms with Crippen molar-refractivity contribution in [3.63, 3.8) is 0 Å². The Morgan fingerprint density at radius 3 is 2.48 bits per heavy atom. The average Bonchev–Trinajstić information content (AvgIpc) is 3.05. The molecule has 2 N–H and O–H groups in total. The third kappa shape index (κ3) is 6.00. The number of benzene rings is 3. The van der Waals surface area contributed by atoms with Gasteiger partial charge < -0.3 is 34.1 Å². The summed E-state index contributed by atoms with van der Waals surface area (Å²) in [7, 11) is 0. The fourth-order valence-electron chi connectivity index (χ4n) is 4.90. The highest BCUT2D eigenvalue weighted by atomic mass is 19.1. The van der Waals surface area contributed by atoms with Crippen molar-refractivity contribution in [2.75, 3.05) is 38.4 Å². The van der Waals surface area contributed by atoms with Crippen molar-refractivity contribution < 1.29 is 42.4 Å². The number of hydrogen-bond acceptors (Lipinski definition) is 9. The van der Waals surface area contributed by atoms with Crippen LogP contribution in [0, 0.1) is 11.6 Å². The zero-order valence-electron chi connectivity index (χ0n) is 24.4. The number of amides is 1. The number of anilines is 1. The van der Waals surface area contributed by atoms with E-state index in [-0.39, 0.29) is 61.5 Å². The Labute approximate surface area is 260 Å². The highest BCUT2D eigenvalue weighted by molar-refractivity contribution is 6.06. The van der Waals surface area contributed by atoms with Crippen LogP contribution in [0.4, 0.5) is 14.5 Å². The lowest BCUT2D eigenvalue weighted by Crippen LogP contribution is -2.29. The first-order valence-electron chi connectivity index (χ1n) is 14.3. The molecule has 3 aromatic carbocycles. The van der Waals surface area contributed by atoms with Crippen molar-refractivity contribution in [3.05, 3.63) is 101 Å². The van der Waals surface area contributed by atoms with Gasteiger partial charge in [0, 0.05) is 35.9 Å². The van der Waals surface area contributed by atoms with Crippen LogP contribution in [-0.4, -0.2) is 53.6 Å². The van der Waals surface area contributed by atoms with E-state index >= 15 is 4.39 Å². The number of carbonyl (C=O) groups excluding carboxylic acids is 1. The number of nitrogens with one attached hydrogen (secondary N) is 1. The number of nitrogens with zero attached hydrogens (tertiary/aromatic N) is 2. The maximum atomic E-state index is 15.4. The molecule has 0 unspecified atom stereocenters. The van der Waals surface area contributed by atoms with Gasteiger partial charge in [-0.05, 0) is 55.5 Å². The lowest BCUT2D eigenvalue weighted by Gasteiger charge is -2.23. The molecule has 6 rings (SSSR count). The summed E-state index contributed by atoms with van der Waals surface area (Å²) in [5, 5.41) is 12.2. The maximum absolute atomic E-state index is 15.4. The number of halogens is 2. The van der Waals surface area contributed by atoms with Gasteiger partial charge in [0.25, 0.3) is 11.5 Å². The van der Waals surface area contributed by atoms with Crippen molar-refractivity contribution in [2.45, 2.75) is 6.92 Å². The summed E-state index contributed by atoms with van der Waals surface area (Å²) in [4.78, 5) is 31.1. The third-order valence-electron chi connectivity index (χ3n) is 6.89. The van der Waals surface area contributed by atoms with Crippen molar-refractivity contribution >= 4 is 22.5 Å². The molecule has 0 saturated carbocycles. The van der Waals surface area contributed by atoms with Crippen LogP contribution in [0.5, 0.6) is 34.5 Å². The second-order valence-corrected chi connectivity index (χ2v) is 9.85. The Balaban J connectivity index is 1.29. The summed E-state index contributed by atoms with van der Waals surface area (Å²) >= 11 is 0. The van der Waals surface area contributed by atoms with Crippen molar-refractivity contribution in [1.29, 1.82) is 0 Å². The highest BCUT2D eigenvalue weighted by Crippen LogP contribution is 2.48. The minimum Gasteiger partial charge on any atom is -0.493 e. The number of carbonyl (C=O) groups is 1. The predicted molar refractivity (Wildman–Crippen MR) is 163 cm³/mol. The molecule has 3 heterocycles. The van der Waals surface area contributed by atoms with Gasteiger partial charge in [0.2, 0.25) is 5.75 Å². The van der Waals surface area contributed by atoms with Crippen LogP contribution >= 0.6 is 0 Å². The molecule has 46 heavy (non-hydrogen) atoms. The summed E-state index contributed by atoms with van der Waals surface area (Å²) in [6.45, 7) is 2.25. The van der Waals surface area contributed by atoms with Crippen molar-refractivity contribution in [2.24, 2.45) is 0 Å². The van der Waals surface area contributed by atoms with E-state index in [4.69, 9.17) is 23.7 Å². The van der Waals surface area contributed by atoms with Crippen molar-refractivity contribution in [3.8, 4) is 40.2 Å². The molecule has 5 aromatic rings. The predicted octanol–water partition coefficient (Wildman–Crippen LogP) is 5.25. The van der Waals surface area contributed by atoms with Crippen LogP contribution < -0.4 is 34.6 Å². The fraction of sp³-hybridized carbons (Fsp3) is 0.182. The van der Waals surface area contributed by atoms with E-state index in [2.05, 4.69) is 10.3 Å². The quantitative estimate of drug-likeness (QED) is 0.212. The second kappa shape index (κ2) is 13.1. The third-order valence-corrected chi connectivity index (χ3v) is 6.89. The van der Waals surface area contributed by atoms with Gasteiger partial charge in [-0.15, -0.1) is 0 Å². The normalized spacial score (nSPS) is 12.1. The van der Waals surface area contributed by atoms with Crippen LogP contribution in [0.1, 0.15) is 17.3 Å². The Morgan fingerprint density at radius 1 is 0.957 bits per heavy atom. The topological polar surface area (TPSA) is 130 Å². The lowest BCUT2D eigenvalue weighted by atomic mass is 10.1. The minimum atomic E-state index is -0.832. The van der Waals surface area contributed by atoms with E-state index in [0.29, 0.717) is 33.8 Å². The van der Waals surface area contributed by atoms with Crippen LogP contribution in [0.2, 0.25) is 0 Å². The van der Waals surface area contributed by atoms with Gasteiger partial charge in [0.15, 0.2) is 23.1 Å². The molecule has 0 radical (unpaired) electrons. The largest absolute Gasteiger partial charge is 0.493 e. The smallest absolute Gasteiger partial charge is 0.271 e. The number of fused-ring (bicyclic) bond motifs is 3. The Morgan fingerprint density at radius 2 is 1.74 bits per heavy atom. The van der Waals surface area contributed by atoms with Gasteiger partial charge >= 0.3 is 0 Å². The number of aliphatic hydroxyl groups excluding tert-OH is 1. The zero-order chi connectivity index (χ0) is 32.2. The summed E-state index contributed by atoms with van der Waals surface area (Å²) in [6.07, 6.45) is 2.90. The van der Waals surface area contributed by atoms with Gasteiger partial charge in [0.1, 0.15) is 42.7 Å². The molecule has 236 valence electrons. The maximum Gasteiger partial charge on any atom is 0.271 e. The first kappa shape index (κ1) is 30.3. The molecule has 1 aliphatic rings. The zero-order valence-corrected chi connectivity index (χ0v) is 24.4. The Hall–Kier alpha value is -5.69. The molecule has 0 atom stereocenters. The molecule has 1 amide bonds. The molecule has 0 saturated heterocycles. The van der Waals surface area contributed by atoms with E-state index in [9.17, 15) is 19.1 Å². The molecular formula is C33H27F2N3O8. The Bertz CT molecular complexity index is 1980. The summed E-state index contributed by atoms with van der Waals surface area (Å²) in [5.74, 6) is -1.06. The van der Waals surface area contributed by atoms with Gasteiger partial charge in [-0.2, -0.15) is 0 Å². The highest BCUT2D eigenvalue weighted by Gasteiger charge is 2.25. The molecule has 0 aliphatic carbocycles. The fourth-order valence-corrected chi connectivity index (χ4v) is 4.90. The van der Waals surface area contributed by atoms with E-state index < -0.39 is 23.1 Å². The summed E-state index contributed by atoms with van der Waals surface area (Å²) in [5.41, 5.74) is -0.204. The van der Waals surface area contributed by atoms with E-state index in [0.717, 1.165) is 6.07 Å². The van der Waals surface area contributed by atoms with Gasteiger partial charge in [-0.3, -0.25) is 19.1 Å². The lowest BCUT2D eigenvalue weighted by molar-refractivity contribution is 0.102. The van der Waals surface area contributed by atoms with Crippen LogP contribution in [0.15, 0.2) is 77.9 Å². The number of hydrogen-bond donors (Lipinski definition) is 2. The number of ether oxygens (including phenoxy) is 5. The molecule has 13 heteroatoms. The van der Waals surface area contributed by atoms with E-state index in [1.165, 1.54) is 59.4 Å². The van der Waals surface area contributed by atoms with Crippen LogP contribution in [0.3, 0.4) is 0 Å². The van der Waals surface area contributed by atoms with Gasteiger partial charge in [-0.1, -0.05) is 0 Å². The number of rotatable bonds is 10. The first-order valence-corrected chi connectivity index (χ1v) is 14.3. The minimum absolute atomic E-state index is 0.0349. The summed E-state index contributed by atoms with van der Waals surface area (Å²) < 4.78 is 58.8. The molecule has 11 nitrogen and oxygen atoms in total. The van der Waals surface area contributed by atoms with Crippen LogP contribution in [0.25, 0.3) is 16.6 Å². The standard InChI is InChI=1S/C33H27F2N3O8/c1-2-42-25-10-12-38(21-6-3-19(34)4-7-21)33(41)29(25)32(40)37-20-5-8-24(22(35)17-20)46-26-9-11-36-23-18-27(43-14-13-39)30-31(28(23)26)45-16-15-44-30/h3-12,17-18,39H,2,13-16H2,1H3,(H,37,40). The molecule has 0 fully saturated rings. The van der Waals surface area contributed by atoms with Gasteiger partial charge in [0.05, 0.1) is 24.1 Å². The Kier molecular flexibility index (Phi) is 8.65. The SMILES string of the molecule is CCOc1ccn(-c2ccc(F)cc2)c(=O)c1C(=O)Nc1ccc(Oc2ccnc3cc(OCCO)c4c(c23)OCCO4)c(F)c1. The molecule has 2 aromatic heterocycles. The van der Waals surface area contributed by atoms with Gasteiger partial charge in [-0.25, -0.2) is 8.78 Å². The van der Waals surface area contributed by atoms with E-state index in [1.807, 2.05) is 0 Å². The molecule has 0 bridgehead atoms. The molecule has 0 spiro atoms.